The average Bonchev–Trinajstić information content (AvgIpc) is 2.23. The largest absolute Gasteiger partial charge is 0.295 e. The van der Waals surface area contributed by atoms with E-state index in [0.717, 1.165) is 0 Å². The maximum atomic E-state index is 11.9. The highest BCUT2D eigenvalue weighted by atomic mass is 16.2. The normalized spacial score (nSPS) is 9.71. The van der Waals surface area contributed by atoms with Crippen LogP contribution >= 0.6 is 0 Å². The van der Waals surface area contributed by atoms with Crippen LogP contribution in [0, 0.1) is 5.41 Å². The van der Waals surface area contributed by atoms with E-state index in [9.17, 15) is 4.79 Å². The van der Waals surface area contributed by atoms with Gasteiger partial charge >= 0.3 is 0 Å². The van der Waals surface area contributed by atoms with Gasteiger partial charge in [0.05, 0.1) is 0 Å². The van der Waals surface area contributed by atoms with E-state index in [1.165, 1.54) is 35.5 Å². The van der Waals surface area contributed by atoms with Crippen LogP contribution in [0.1, 0.15) is 0 Å². The van der Waals surface area contributed by atoms with Gasteiger partial charge in [0.15, 0.2) is 0 Å². The van der Waals surface area contributed by atoms with Crippen molar-refractivity contribution in [1.82, 2.24) is 4.90 Å². The van der Waals surface area contributed by atoms with E-state index >= 15 is 0 Å². The van der Waals surface area contributed by atoms with Crippen molar-refractivity contribution in [2.45, 2.75) is 0 Å². The first-order valence-corrected chi connectivity index (χ1v) is 4.10. The molecule has 14 heavy (non-hydrogen) atoms. The van der Waals surface area contributed by atoms with E-state index in [4.69, 9.17) is 0 Å². The van der Waals surface area contributed by atoms with Crippen LogP contribution in [0.25, 0.3) is 0 Å². The fourth-order valence-corrected chi connectivity index (χ4v) is 0.976. The molecule has 0 aromatic heterocycles. The maximum absolute atomic E-state index is 11.9. The molecule has 0 heterocycles. The summed E-state index contributed by atoms with van der Waals surface area (Å²) in [6.07, 6.45) is 7.20. The van der Waals surface area contributed by atoms with E-state index in [2.05, 4.69) is 32.9 Å². The van der Waals surface area contributed by atoms with Gasteiger partial charge in [-0.05, 0) is 0 Å². The highest BCUT2D eigenvalue weighted by Crippen LogP contribution is 2.25. The molecule has 2 nitrogen and oxygen atoms in total. The molecule has 0 spiro atoms. The van der Waals surface area contributed by atoms with Crippen LogP contribution in [0.2, 0.25) is 0 Å². The van der Waals surface area contributed by atoms with Crippen LogP contribution in [-0.2, 0) is 4.79 Å². The molecule has 0 aromatic rings. The van der Waals surface area contributed by atoms with Crippen molar-refractivity contribution in [2.24, 2.45) is 5.41 Å². The molecule has 0 rings (SSSR count). The minimum atomic E-state index is -0.956. The van der Waals surface area contributed by atoms with E-state index in [0.29, 0.717) is 0 Å². The van der Waals surface area contributed by atoms with Gasteiger partial charge in [-0.15, -0.1) is 19.7 Å². The van der Waals surface area contributed by atoms with Crippen molar-refractivity contribution in [3.63, 3.8) is 0 Å². The lowest BCUT2D eigenvalue weighted by Gasteiger charge is -2.25. The van der Waals surface area contributed by atoms with Gasteiger partial charge < -0.3 is 0 Å². The molecule has 0 saturated heterocycles. The van der Waals surface area contributed by atoms with Gasteiger partial charge in [-0.25, -0.2) is 0 Å². The lowest BCUT2D eigenvalue weighted by atomic mass is 9.87. The lowest BCUT2D eigenvalue weighted by molar-refractivity contribution is -0.130. The van der Waals surface area contributed by atoms with E-state index in [1.54, 1.807) is 0 Å². The van der Waals surface area contributed by atoms with Crippen LogP contribution in [0.3, 0.4) is 0 Å². The molecule has 0 aromatic carbocycles. The highest BCUT2D eigenvalue weighted by molar-refractivity contribution is 5.90. The summed E-state index contributed by atoms with van der Waals surface area (Å²) < 4.78 is 0. The van der Waals surface area contributed by atoms with E-state index in [1.807, 2.05) is 0 Å². The number of hydrogen-bond donors (Lipinski definition) is 0. The predicted molar refractivity (Wildman–Crippen MR) is 60.3 cm³/mol. The molecule has 0 atom stereocenters. The van der Waals surface area contributed by atoms with Gasteiger partial charge in [0.2, 0.25) is 5.91 Å². The summed E-state index contributed by atoms with van der Waals surface area (Å²) in [7, 11) is 0. The van der Waals surface area contributed by atoms with Crippen molar-refractivity contribution >= 4 is 5.91 Å². The average molecular weight is 189 g/mol. The Morgan fingerprint density at radius 3 is 1.50 bits per heavy atom. The number of hydrogen-bond acceptors (Lipinski definition) is 1. The zero-order chi connectivity index (χ0) is 11.2. The van der Waals surface area contributed by atoms with Gasteiger partial charge in [0, 0.05) is 12.4 Å². The van der Waals surface area contributed by atoms with Crippen molar-refractivity contribution in [3.05, 3.63) is 63.5 Å². The molecule has 0 aliphatic rings. The first-order chi connectivity index (χ1) is 6.61. The van der Waals surface area contributed by atoms with Crippen molar-refractivity contribution in [3.8, 4) is 0 Å². The van der Waals surface area contributed by atoms with Crippen molar-refractivity contribution in [1.29, 1.82) is 0 Å². The minimum absolute atomic E-state index is 0.248. The van der Waals surface area contributed by atoms with Crippen molar-refractivity contribution in [2.75, 3.05) is 0 Å². The van der Waals surface area contributed by atoms with Crippen LogP contribution in [0.15, 0.2) is 63.5 Å². The molecule has 0 bridgehead atoms. The second kappa shape index (κ2) is 5.02. The summed E-state index contributed by atoms with van der Waals surface area (Å²) in [5.74, 6) is -0.248. The molecule has 0 unspecified atom stereocenters. The highest BCUT2D eigenvalue weighted by Gasteiger charge is 2.30. The number of carbonyl (C=O) groups is 1. The second-order valence-electron chi connectivity index (χ2n) is 2.62. The third kappa shape index (κ3) is 1.91. The quantitative estimate of drug-likeness (QED) is 0.588. The molecule has 0 saturated carbocycles. The Kier molecular flexibility index (Phi) is 4.36. The summed E-state index contributed by atoms with van der Waals surface area (Å²) in [6, 6.07) is 0. The fraction of sp³-hybridized carbons (Fsp3) is 0.0833. The third-order valence-electron chi connectivity index (χ3n) is 2.01. The first-order valence-electron chi connectivity index (χ1n) is 4.10. The molecule has 0 N–H and O–H groups in total. The molecule has 74 valence electrons. The Labute approximate surface area is 85.2 Å². The summed E-state index contributed by atoms with van der Waals surface area (Å²) in [5, 5.41) is 0. The molecule has 0 aliphatic heterocycles. The zero-order valence-corrected chi connectivity index (χ0v) is 8.28. The van der Waals surface area contributed by atoms with E-state index in [-0.39, 0.29) is 5.91 Å². The SMILES string of the molecule is C=CN(C=C)C(=O)C(C=C)(C=C)C=C. The molecular formula is C12H15NO. The minimum Gasteiger partial charge on any atom is -0.295 e. The van der Waals surface area contributed by atoms with Gasteiger partial charge in [-0.1, -0.05) is 31.4 Å². The van der Waals surface area contributed by atoms with Crippen LogP contribution in [0.5, 0.6) is 0 Å². The van der Waals surface area contributed by atoms with Gasteiger partial charge in [-0.2, -0.15) is 0 Å². The Bertz CT molecular complexity index is 259. The van der Waals surface area contributed by atoms with Gasteiger partial charge in [-0.3, -0.25) is 9.69 Å². The monoisotopic (exact) mass is 189 g/mol. The van der Waals surface area contributed by atoms with Crippen LogP contribution in [0.4, 0.5) is 0 Å². The zero-order valence-electron chi connectivity index (χ0n) is 8.28. The molecule has 2 heteroatoms. The van der Waals surface area contributed by atoms with Crippen LogP contribution in [-0.4, -0.2) is 10.8 Å². The summed E-state index contributed by atoms with van der Waals surface area (Å²) >= 11 is 0. The standard InChI is InChI=1S/C12H15NO/c1-6-12(7-2,8-3)11(14)13(9-4)10-5/h6-10H,1-5H2. The molecule has 0 radical (unpaired) electrons. The van der Waals surface area contributed by atoms with Crippen LogP contribution < -0.4 is 0 Å². The van der Waals surface area contributed by atoms with Gasteiger partial charge in [0.25, 0.3) is 0 Å². The maximum Gasteiger partial charge on any atom is 0.248 e. The topological polar surface area (TPSA) is 20.3 Å². The molecule has 1 amide bonds. The Morgan fingerprint density at radius 2 is 1.29 bits per heavy atom. The Morgan fingerprint density at radius 1 is 0.929 bits per heavy atom. The second-order valence-corrected chi connectivity index (χ2v) is 2.62. The molecule has 0 aliphatic carbocycles. The number of amides is 1. The molecular weight excluding hydrogens is 174 g/mol. The van der Waals surface area contributed by atoms with Crippen molar-refractivity contribution < 1.29 is 4.79 Å². The number of carbonyl (C=O) groups excluding carboxylic acids is 1. The van der Waals surface area contributed by atoms with E-state index < -0.39 is 5.41 Å². The predicted octanol–water partition coefficient (Wildman–Crippen LogP) is 2.65. The molecule has 0 fully saturated rings. The summed E-state index contributed by atoms with van der Waals surface area (Å²) in [6.45, 7) is 17.8. The van der Waals surface area contributed by atoms with Gasteiger partial charge in [0.1, 0.15) is 5.41 Å². The Balaban J connectivity index is 5.21. The summed E-state index contributed by atoms with van der Waals surface area (Å²) in [4.78, 5) is 13.2. The third-order valence-corrected chi connectivity index (χ3v) is 2.01. The number of nitrogens with zero attached hydrogens (tertiary/aromatic N) is 1. The smallest absolute Gasteiger partial charge is 0.248 e. The first kappa shape index (κ1) is 12.2. The lowest BCUT2D eigenvalue weighted by Crippen LogP contribution is -2.34. The summed E-state index contributed by atoms with van der Waals surface area (Å²) in [5.41, 5.74) is -0.956. The Hall–Kier alpha value is -1.83. The fourth-order valence-electron chi connectivity index (χ4n) is 0.976. The number of rotatable bonds is 6.